The van der Waals surface area contributed by atoms with E-state index in [1.807, 2.05) is 13.0 Å². The normalized spacial score (nSPS) is 10.6. The van der Waals surface area contributed by atoms with Crippen LogP contribution in [0.15, 0.2) is 24.5 Å². The molecule has 0 radical (unpaired) electrons. The molecular formula is C14H10ClN5O. The number of nitriles is 1. The second-order valence-electron chi connectivity index (χ2n) is 4.50. The van der Waals surface area contributed by atoms with Crippen LogP contribution in [0.2, 0.25) is 5.15 Å². The van der Waals surface area contributed by atoms with Crippen LogP contribution in [0.4, 0.5) is 0 Å². The third-order valence-corrected chi connectivity index (χ3v) is 3.44. The summed E-state index contributed by atoms with van der Waals surface area (Å²) in [7, 11) is 0. The smallest absolute Gasteiger partial charge is 0.256 e. The first-order valence-electron chi connectivity index (χ1n) is 6.14. The van der Waals surface area contributed by atoms with Gasteiger partial charge < -0.3 is 4.74 Å². The monoisotopic (exact) mass is 299 g/mol. The van der Waals surface area contributed by atoms with E-state index in [4.69, 9.17) is 21.6 Å². The van der Waals surface area contributed by atoms with Crippen LogP contribution in [0.25, 0.3) is 5.78 Å². The van der Waals surface area contributed by atoms with Crippen LogP contribution in [0.5, 0.6) is 11.6 Å². The number of hydrogen-bond acceptors (Lipinski definition) is 5. The first kappa shape index (κ1) is 13.3. The van der Waals surface area contributed by atoms with Gasteiger partial charge in [0.2, 0.25) is 5.88 Å². The Hall–Kier alpha value is -2.65. The molecule has 0 saturated carbocycles. The average Bonchev–Trinajstić information content (AvgIpc) is 2.93. The minimum Gasteiger partial charge on any atom is -0.438 e. The molecule has 21 heavy (non-hydrogen) atoms. The van der Waals surface area contributed by atoms with Crippen molar-refractivity contribution in [1.82, 2.24) is 19.6 Å². The van der Waals surface area contributed by atoms with Crippen LogP contribution >= 0.6 is 11.6 Å². The van der Waals surface area contributed by atoms with Gasteiger partial charge >= 0.3 is 0 Å². The van der Waals surface area contributed by atoms with E-state index in [1.165, 1.54) is 10.8 Å². The van der Waals surface area contributed by atoms with E-state index in [-0.39, 0.29) is 0 Å². The predicted octanol–water partition coefficient (Wildman–Crippen LogP) is 3.06. The zero-order valence-corrected chi connectivity index (χ0v) is 12.1. The summed E-state index contributed by atoms with van der Waals surface area (Å²) in [6.45, 7) is 3.68. The highest BCUT2D eigenvalue weighted by Crippen LogP contribution is 2.31. The average molecular weight is 300 g/mol. The van der Waals surface area contributed by atoms with E-state index in [1.54, 1.807) is 19.1 Å². The number of benzene rings is 1. The Morgan fingerprint density at radius 1 is 1.33 bits per heavy atom. The lowest BCUT2D eigenvalue weighted by atomic mass is 10.1. The summed E-state index contributed by atoms with van der Waals surface area (Å²) in [6.07, 6.45) is 1.38. The molecule has 0 unspecified atom stereocenters. The molecule has 0 spiro atoms. The Morgan fingerprint density at radius 3 is 2.90 bits per heavy atom. The topological polar surface area (TPSA) is 76.1 Å². The molecule has 1 aromatic carbocycles. The predicted molar refractivity (Wildman–Crippen MR) is 76.5 cm³/mol. The van der Waals surface area contributed by atoms with Crippen LogP contribution in [-0.2, 0) is 0 Å². The molecule has 0 aliphatic heterocycles. The summed E-state index contributed by atoms with van der Waals surface area (Å²) in [6, 6.07) is 7.32. The molecule has 0 atom stereocenters. The summed E-state index contributed by atoms with van der Waals surface area (Å²) in [5.41, 5.74) is 2.06. The SMILES string of the molecule is Cc1ccc(C#N)cc1Oc1c(C)c(Cl)nc2ncnn12. The van der Waals surface area contributed by atoms with Crippen molar-refractivity contribution in [3.8, 4) is 17.7 Å². The summed E-state index contributed by atoms with van der Waals surface area (Å²) < 4.78 is 7.39. The van der Waals surface area contributed by atoms with Crippen molar-refractivity contribution in [3.05, 3.63) is 46.4 Å². The maximum atomic E-state index is 8.99. The van der Waals surface area contributed by atoms with Gasteiger partial charge in [0.05, 0.1) is 11.6 Å². The number of rotatable bonds is 2. The van der Waals surface area contributed by atoms with Crippen LogP contribution < -0.4 is 4.74 Å². The van der Waals surface area contributed by atoms with E-state index in [9.17, 15) is 0 Å². The summed E-state index contributed by atoms with van der Waals surface area (Å²) >= 11 is 6.09. The first-order valence-corrected chi connectivity index (χ1v) is 6.52. The molecule has 2 aromatic heterocycles. The largest absolute Gasteiger partial charge is 0.438 e. The Balaban J connectivity index is 2.16. The van der Waals surface area contributed by atoms with Crippen LogP contribution in [0.1, 0.15) is 16.7 Å². The van der Waals surface area contributed by atoms with Gasteiger partial charge in [-0.3, -0.25) is 0 Å². The van der Waals surface area contributed by atoms with Crippen molar-refractivity contribution in [2.75, 3.05) is 0 Å². The molecule has 0 fully saturated rings. The molecule has 0 bridgehead atoms. The van der Waals surface area contributed by atoms with Crippen molar-refractivity contribution in [1.29, 1.82) is 5.26 Å². The van der Waals surface area contributed by atoms with Gasteiger partial charge in [-0.05, 0) is 31.5 Å². The van der Waals surface area contributed by atoms with E-state index >= 15 is 0 Å². The first-order chi connectivity index (χ1) is 10.1. The van der Waals surface area contributed by atoms with E-state index in [0.717, 1.165) is 5.56 Å². The van der Waals surface area contributed by atoms with Gasteiger partial charge in [0.1, 0.15) is 17.2 Å². The molecule has 0 aliphatic rings. The fourth-order valence-corrected chi connectivity index (χ4v) is 2.03. The number of halogens is 1. The highest BCUT2D eigenvalue weighted by molar-refractivity contribution is 6.30. The van der Waals surface area contributed by atoms with E-state index < -0.39 is 0 Å². The van der Waals surface area contributed by atoms with Crippen molar-refractivity contribution >= 4 is 17.4 Å². The number of fused-ring (bicyclic) bond motifs is 1. The standard InChI is InChI=1S/C14H10ClN5O/c1-8-3-4-10(6-16)5-11(8)21-13-9(2)12(15)19-14-17-7-18-20(13)14/h3-5,7H,1-2H3. The lowest BCUT2D eigenvalue weighted by molar-refractivity contribution is 0.438. The minimum atomic E-state index is 0.305. The highest BCUT2D eigenvalue weighted by atomic mass is 35.5. The van der Waals surface area contributed by atoms with Crippen LogP contribution in [0, 0.1) is 25.2 Å². The van der Waals surface area contributed by atoms with Gasteiger partial charge in [-0.25, -0.2) is 0 Å². The molecule has 0 aliphatic carbocycles. The minimum absolute atomic E-state index is 0.305. The maximum absolute atomic E-state index is 8.99. The zero-order valence-electron chi connectivity index (χ0n) is 11.3. The zero-order chi connectivity index (χ0) is 15.0. The number of aryl methyl sites for hydroxylation is 1. The molecule has 2 heterocycles. The van der Waals surface area contributed by atoms with Gasteiger partial charge in [0, 0.05) is 5.56 Å². The Kier molecular flexibility index (Phi) is 3.20. The summed E-state index contributed by atoms with van der Waals surface area (Å²) in [5.74, 6) is 1.35. The number of aromatic nitrogens is 4. The third-order valence-electron chi connectivity index (χ3n) is 3.07. The molecule has 104 valence electrons. The van der Waals surface area contributed by atoms with Crippen LogP contribution in [-0.4, -0.2) is 19.6 Å². The second kappa shape index (κ2) is 5.04. The van der Waals surface area contributed by atoms with Crippen molar-refractivity contribution in [2.45, 2.75) is 13.8 Å². The second-order valence-corrected chi connectivity index (χ2v) is 4.86. The molecule has 7 heteroatoms. The third kappa shape index (κ3) is 2.28. The number of nitrogens with zero attached hydrogens (tertiary/aromatic N) is 5. The van der Waals surface area contributed by atoms with Crippen molar-refractivity contribution in [3.63, 3.8) is 0 Å². The maximum Gasteiger partial charge on any atom is 0.256 e. The Morgan fingerprint density at radius 2 is 2.14 bits per heavy atom. The van der Waals surface area contributed by atoms with Crippen molar-refractivity contribution < 1.29 is 4.74 Å². The van der Waals surface area contributed by atoms with Gasteiger partial charge in [-0.1, -0.05) is 17.7 Å². The molecule has 3 aromatic rings. The van der Waals surface area contributed by atoms with Crippen LogP contribution in [0.3, 0.4) is 0 Å². The molecule has 0 N–H and O–H groups in total. The van der Waals surface area contributed by atoms with Gasteiger partial charge in [-0.15, -0.1) is 0 Å². The highest BCUT2D eigenvalue weighted by Gasteiger charge is 2.15. The summed E-state index contributed by atoms with van der Waals surface area (Å²) in [5, 5.41) is 13.4. The van der Waals surface area contributed by atoms with E-state index in [2.05, 4.69) is 21.1 Å². The Bertz CT molecular complexity index is 881. The molecule has 0 amide bonds. The summed E-state index contributed by atoms with van der Waals surface area (Å²) in [4.78, 5) is 8.12. The lowest BCUT2D eigenvalue weighted by Crippen LogP contribution is -2.02. The molecule has 3 rings (SSSR count). The number of hydrogen-bond donors (Lipinski definition) is 0. The molecule has 0 saturated heterocycles. The Labute approximate surface area is 125 Å². The van der Waals surface area contributed by atoms with Gasteiger partial charge in [0.15, 0.2) is 0 Å². The molecule has 6 nitrogen and oxygen atoms in total. The fourth-order valence-electron chi connectivity index (χ4n) is 1.88. The van der Waals surface area contributed by atoms with E-state index in [0.29, 0.717) is 33.7 Å². The van der Waals surface area contributed by atoms with Gasteiger partial charge in [0.25, 0.3) is 5.78 Å². The quantitative estimate of drug-likeness (QED) is 0.680. The van der Waals surface area contributed by atoms with Gasteiger partial charge in [-0.2, -0.15) is 24.8 Å². The fraction of sp³-hybridized carbons (Fsp3) is 0.143. The van der Waals surface area contributed by atoms with Crippen molar-refractivity contribution in [2.24, 2.45) is 0 Å². The number of ether oxygens (including phenoxy) is 1. The molecular weight excluding hydrogens is 290 g/mol. The lowest BCUT2D eigenvalue weighted by Gasteiger charge is -2.12.